The van der Waals surface area contributed by atoms with Crippen LogP contribution in [-0.2, 0) is 5.41 Å². The summed E-state index contributed by atoms with van der Waals surface area (Å²) >= 11 is 0. The highest BCUT2D eigenvalue weighted by molar-refractivity contribution is 6.11. The summed E-state index contributed by atoms with van der Waals surface area (Å²) in [7, 11) is 0. The third kappa shape index (κ3) is 3.93. The Hall–Kier alpha value is -3.08. The van der Waals surface area contributed by atoms with Crippen molar-refractivity contribution in [2.45, 2.75) is 45.6 Å². The van der Waals surface area contributed by atoms with E-state index in [4.69, 9.17) is 0 Å². The number of carbonyl (C=O) groups excluding carboxylic acids is 2. The topological polar surface area (TPSA) is 78.4 Å². The van der Waals surface area contributed by atoms with Crippen LogP contribution in [0.15, 0.2) is 59.8 Å². The second kappa shape index (κ2) is 7.50. The number of phenolic OH excluding ortho intramolecular Hbond substituents is 1. The molecule has 1 atom stereocenters. The fraction of sp³-hybridized carbons (Fsp3) is 0.304. The molecule has 3 rings (SSSR count). The van der Waals surface area contributed by atoms with E-state index < -0.39 is 6.04 Å². The van der Waals surface area contributed by atoms with Gasteiger partial charge in [-0.25, -0.2) is 4.79 Å². The van der Waals surface area contributed by atoms with Gasteiger partial charge >= 0.3 is 6.03 Å². The van der Waals surface area contributed by atoms with Crippen LogP contribution in [0.2, 0.25) is 0 Å². The molecule has 1 aliphatic rings. The number of hydrogen-bond acceptors (Lipinski definition) is 3. The number of carbonyl (C=O) groups is 2. The SMILES string of the molecule is CCC1=C(C(=O)c2ccc(C(C)(C)C)cc2)C(c2cccc(O)c2)NC(=O)N1. The molecule has 28 heavy (non-hydrogen) atoms. The molecule has 2 amide bonds. The monoisotopic (exact) mass is 378 g/mol. The Morgan fingerprint density at radius 2 is 1.79 bits per heavy atom. The molecule has 2 aromatic carbocycles. The highest BCUT2D eigenvalue weighted by Gasteiger charge is 2.32. The number of ketones is 1. The van der Waals surface area contributed by atoms with E-state index in [2.05, 4.69) is 31.4 Å². The van der Waals surface area contributed by atoms with Crippen molar-refractivity contribution in [3.05, 3.63) is 76.5 Å². The van der Waals surface area contributed by atoms with E-state index in [1.165, 1.54) is 0 Å². The summed E-state index contributed by atoms with van der Waals surface area (Å²) < 4.78 is 0. The average Bonchev–Trinajstić information content (AvgIpc) is 2.66. The Morgan fingerprint density at radius 3 is 2.36 bits per heavy atom. The minimum atomic E-state index is -0.620. The summed E-state index contributed by atoms with van der Waals surface area (Å²) in [6.07, 6.45) is 0.518. The molecule has 0 saturated carbocycles. The molecule has 2 aromatic rings. The number of nitrogens with one attached hydrogen (secondary N) is 2. The summed E-state index contributed by atoms with van der Waals surface area (Å²) in [4.78, 5) is 25.5. The van der Waals surface area contributed by atoms with Gasteiger partial charge < -0.3 is 15.7 Å². The number of allylic oxidation sites excluding steroid dienone is 1. The Labute approximate surface area is 165 Å². The summed E-state index contributed by atoms with van der Waals surface area (Å²) in [5.41, 5.74) is 3.47. The zero-order valence-electron chi connectivity index (χ0n) is 16.7. The molecule has 1 unspecified atom stereocenters. The third-order valence-corrected chi connectivity index (χ3v) is 4.97. The highest BCUT2D eigenvalue weighted by atomic mass is 16.3. The standard InChI is InChI=1S/C23H26N2O3/c1-5-18-19(21(27)14-9-11-16(12-10-14)23(2,3)4)20(25-22(28)24-18)15-7-6-8-17(26)13-15/h6-13,20,26H,5H2,1-4H3,(H2,24,25,28). The molecule has 146 valence electrons. The maximum atomic E-state index is 13.4. The molecule has 0 bridgehead atoms. The van der Waals surface area contributed by atoms with Crippen molar-refractivity contribution in [2.75, 3.05) is 0 Å². The van der Waals surface area contributed by atoms with Crippen molar-refractivity contribution in [1.82, 2.24) is 10.6 Å². The lowest BCUT2D eigenvalue weighted by Crippen LogP contribution is -2.45. The first kappa shape index (κ1) is 19.7. The van der Waals surface area contributed by atoms with E-state index in [1.807, 2.05) is 31.2 Å². The molecule has 0 fully saturated rings. The van der Waals surface area contributed by atoms with Gasteiger partial charge in [-0.2, -0.15) is 0 Å². The highest BCUT2D eigenvalue weighted by Crippen LogP contribution is 2.32. The van der Waals surface area contributed by atoms with Crippen LogP contribution in [-0.4, -0.2) is 16.9 Å². The van der Waals surface area contributed by atoms with E-state index in [1.54, 1.807) is 24.3 Å². The minimum Gasteiger partial charge on any atom is -0.508 e. The van der Waals surface area contributed by atoms with Gasteiger partial charge in [-0.05, 0) is 35.1 Å². The number of rotatable bonds is 4. The molecule has 0 saturated heterocycles. The first-order valence-electron chi connectivity index (χ1n) is 9.45. The maximum Gasteiger partial charge on any atom is 0.319 e. The normalized spacial score (nSPS) is 17.1. The van der Waals surface area contributed by atoms with Crippen molar-refractivity contribution in [2.24, 2.45) is 0 Å². The van der Waals surface area contributed by atoms with Crippen LogP contribution in [0.4, 0.5) is 4.79 Å². The molecule has 0 aliphatic carbocycles. The van der Waals surface area contributed by atoms with Gasteiger partial charge in [0.15, 0.2) is 5.78 Å². The van der Waals surface area contributed by atoms with E-state index in [0.717, 1.165) is 5.56 Å². The fourth-order valence-electron chi connectivity index (χ4n) is 3.40. The smallest absolute Gasteiger partial charge is 0.319 e. The Bertz CT molecular complexity index is 937. The summed E-state index contributed by atoms with van der Waals surface area (Å²) in [6.45, 7) is 8.27. The van der Waals surface area contributed by atoms with Gasteiger partial charge in [-0.3, -0.25) is 4.79 Å². The van der Waals surface area contributed by atoms with Gasteiger partial charge in [0.2, 0.25) is 0 Å². The molecule has 1 heterocycles. The lowest BCUT2D eigenvalue weighted by molar-refractivity contribution is 0.102. The van der Waals surface area contributed by atoms with Crippen molar-refractivity contribution in [3.63, 3.8) is 0 Å². The van der Waals surface area contributed by atoms with Gasteiger partial charge in [0, 0.05) is 16.8 Å². The molecule has 0 spiro atoms. The Kier molecular flexibility index (Phi) is 5.27. The van der Waals surface area contributed by atoms with Crippen LogP contribution < -0.4 is 10.6 Å². The molecular weight excluding hydrogens is 352 g/mol. The van der Waals surface area contributed by atoms with Crippen LogP contribution in [0.25, 0.3) is 0 Å². The van der Waals surface area contributed by atoms with Gasteiger partial charge in [0.05, 0.1) is 6.04 Å². The van der Waals surface area contributed by atoms with Crippen molar-refractivity contribution >= 4 is 11.8 Å². The van der Waals surface area contributed by atoms with Gasteiger partial charge in [-0.1, -0.05) is 64.1 Å². The minimum absolute atomic E-state index is 0.000105. The summed E-state index contributed by atoms with van der Waals surface area (Å²) in [5.74, 6) is -0.0530. The lowest BCUT2D eigenvalue weighted by atomic mass is 9.85. The van der Waals surface area contributed by atoms with Crippen molar-refractivity contribution in [3.8, 4) is 5.75 Å². The van der Waals surface area contributed by atoms with Gasteiger partial charge in [0.1, 0.15) is 5.75 Å². The summed E-state index contributed by atoms with van der Waals surface area (Å²) in [6, 6.07) is 13.2. The van der Waals surface area contributed by atoms with E-state index in [-0.39, 0.29) is 23.0 Å². The molecule has 5 nitrogen and oxygen atoms in total. The second-order valence-electron chi connectivity index (χ2n) is 8.03. The zero-order chi connectivity index (χ0) is 20.5. The quantitative estimate of drug-likeness (QED) is 0.681. The fourth-order valence-corrected chi connectivity index (χ4v) is 3.40. The van der Waals surface area contributed by atoms with Gasteiger partial charge in [0.25, 0.3) is 0 Å². The molecular formula is C23H26N2O3. The number of urea groups is 1. The Morgan fingerprint density at radius 1 is 1.11 bits per heavy atom. The number of aromatic hydroxyl groups is 1. The number of hydrogen-bond donors (Lipinski definition) is 3. The van der Waals surface area contributed by atoms with E-state index >= 15 is 0 Å². The second-order valence-corrected chi connectivity index (χ2v) is 8.03. The van der Waals surface area contributed by atoms with Crippen LogP contribution in [0, 0.1) is 0 Å². The summed E-state index contributed by atoms with van der Waals surface area (Å²) in [5, 5.41) is 15.4. The zero-order valence-corrected chi connectivity index (χ0v) is 16.7. The molecule has 3 N–H and O–H groups in total. The number of Topliss-reactive ketones (excluding diaryl/α,β-unsaturated/α-hetero) is 1. The molecule has 0 aromatic heterocycles. The molecule has 1 aliphatic heterocycles. The van der Waals surface area contributed by atoms with Crippen molar-refractivity contribution in [1.29, 1.82) is 0 Å². The predicted molar refractivity (Wildman–Crippen MR) is 109 cm³/mol. The molecule has 0 radical (unpaired) electrons. The first-order chi connectivity index (χ1) is 13.2. The maximum absolute atomic E-state index is 13.4. The number of phenols is 1. The first-order valence-corrected chi connectivity index (χ1v) is 9.45. The average molecular weight is 378 g/mol. The van der Waals surface area contributed by atoms with Crippen LogP contribution >= 0.6 is 0 Å². The molecule has 5 heteroatoms. The number of amides is 2. The van der Waals surface area contributed by atoms with Gasteiger partial charge in [-0.15, -0.1) is 0 Å². The third-order valence-electron chi connectivity index (χ3n) is 4.97. The van der Waals surface area contributed by atoms with Crippen LogP contribution in [0.1, 0.15) is 61.6 Å². The number of benzene rings is 2. The Balaban J connectivity index is 2.06. The van der Waals surface area contributed by atoms with Crippen LogP contribution in [0.5, 0.6) is 5.75 Å². The van der Waals surface area contributed by atoms with Crippen molar-refractivity contribution < 1.29 is 14.7 Å². The van der Waals surface area contributed by atoms with E-state index in [0.29, 0.717) is 28.8 Å². The predicted octanol–water partition coefficient (Wildman–Crippen LogP) is 4.59. The van der Waals surface area contributed by atoms with Crippen LogP contribution in [0.3, 0.4) is 0 Å². The van der Waals surface area contributed by atoms with E-state index in [9.17, 15) is 14.7 Å². The largest absolute Gasteiger partial charge is 0.508 e. The lowest BCUT2D eigenvalue weighted by Gasteiger charge is -2.30.